The fourth-order valence-electron chi connectivity index (χ4n) is 3.44. The normalized spacial score (nSPS) is 10.8. The summed E-state index contributed by atoms with van der Waals surface area (Å²) in [5.41, 5.74) is 1.62. The van der Waals surface area contributed by atoms with Crippen molar-refractivity contribution < 1.29 is 28.5 Å². The Hall–Kier alpha value is -4.35. The van der Waals surface area contributed by atoms with Crippen LogP contribution >= 0.6 is 11.6 Å². The van der Waals surface area contributed by atoms with E-state index < -0.39 is 5.91 Å². The van der Waals surface area contributed by atoms with Crippen LogP contribution in [0.4, 0.5) is 5.69 Å². The highest BCUT2D eigenvalue weighted by Gasteiger charge is 2.15. The van der Waals surface area contributed by atoms with Crippen molar-refractivity contribution in [3.05, 3.63) is 76.3 Å². The van der Waals surface area contributed by atoms with E-state index in [9.17, 15) is 10.1 Å². The van der Waals surface area contributed by atoms with Crippen LogP contribution in [0.3, 0.4) is 0 Å². The number of methoxy groups -OCH3 is 3. The van der Waals surface area contributed by atoms with Crippen molar-refractivity contribution >= 4 is 29.3 Å². The van der Waals surface area contributed by atoms with Crippen molar-refractivity contribution in [2.24, 2.45) is 0 Å². The van der Waals surface area contributed by atoms with Crippen molar-refractivity contribution in [1.29, 1.82) is 5.26 Å². The summed E-state index contributed by atoms with van der Waals surface area (Å²) in [5.74, 6) is 2.12. The first-order chi connectivity index (χ1) is 17.9. The molecule has 0 aliphatic rings. The van der Waals surface area contributed by atoms with Gasteiger partial charge in [-0.15, -0.1) is 0 Å². The summed E-state index contributed by atoms with van der Waals surface area (Å²) in [4.78, 5) is 12.8. The van der Waals surface area contributed by atoms with Crippen molar-refractivity contribution in [3.8, 4) is 34.8 Å². The molecule has 0 bridgehead atoms. The van der Waals surface area contributed by atoms with Gasteiger partial charge in [-0.25, -0.2) is 0 Å². The Labute approximate surface area is 220 Å². The number of hydrogen-bond donors (Lipinski definition) is 1. The van der Waals surface area contributed by atoms with Gasteiger partial charge in [0, 0.05) is 10.6 Å². The summed E-state index contributed by atoms with van der Waals surface area (Å²) < 4.78 is 27.7. The molecule has 0 radical (unpaired) electrons. The van der Waals surface area contributed by atoms with E-state index in [1.165, 1.54) is 13.2 Å². The molecule has 3 aromatic rings. The van der Waals surface area contributed by atoms with E-state index in [1.54, 1.807) is 56.7 Å². The summed E-state index contributed by atoms with van der Waals surface area (Å²) in [6.07, 6.45) is 1.46. The van der Waals surface area contributed by atoms with Crippen molar-refractivity contribution in [3.63, 3.8) is 0 Å². The van der Waals surface area contributed by atoms with Gasteiger partial charge in [0.05, 0.1) is 33.6 Å². The molecule has 0 spiro atoms. The molecule has 0 aliphatic carbocycles. The summed E-state index contributed by atoms with van der Waals surface area (Å²) >= 11 is 6.03. The maximum absolute atomic E-state index is 12.8. The third-order valence-electron chi connectivity index (χ3n) is 5.22. The predicted molar refractivity (Wildman–Crippen MR) is 142 cm³/mol. The molecule has 0 saturated heterocycles. The second-order valence-electron chi connectivity index (χ2n) is 7.57. The zero-order valence-corrected chi connectivity index (χ0v) is 21.7. The van der Waals surface area contributed by atoms with E-state index in [2.05, 4.69) is 5.32 Å². The quantitative estimate of drug-likeness (QED) is 0.247. The van der Waals surface area contributed by atoms with E-state index in [0.717, 1.165) is 5.56 Å². The summed E-state index contributed by atoms with van der Waals surface area (Å²) in [6, 6.07) is 17.3. The number of amides is 1. The molecule has 0 fully saturated rings. The average Bonchev–Trinajstić information content (AvgIpc) is 2.91. The molecule has 37 heavy (non-hydrogen) atoms. The van der Waals surface area contributed by atoms with Gasteiger partial charge in [-0.1, -0.05) is 17.7 Å². The minimum atomic E-state index is -0.605. The van der Waals surface area contributed by atoms with Crippen LogP contribution in [0.2, 0.25) is 5.02 Å². The Morgan fingerprint density at radius 3 is 2.32 bits per heavy atom. The van der Waals surface area contributed by atoms with Crippen LogP contribution in [-0.4, -0.2) is 33.8 Å². The van der Waals surface area contributed by atoms with Gasteiger partial charge in [-0.3, -0.25) is 4.79 Å². The molecule has 0 atom stereocenters. The van der Waals surface area contributed by atoms with E-state index in [-0.39, 0.29) is 12.2 Å². The number of nitrogens with zero attached hydrogens (tertiary/aromatic N) is 1. The van der Waals surface area contributed by atoms with Crippen LogP contribution < -0.4 is 29.0 Å². The van der Waals surface area contributed by atoms with Crippen molar-refractivity contribution in [2.45, 2.75) is 13.5 Å². The van der Waals surface area contributed by atoms with E-state index in [4.69, 9.17) is 35.3 Å². The molecule has 0 aliphatic heterocycles. The molecule has 1 N–H and O–H groups in total. The van der Waals surface area contributed by atoms with Gasteiger partial charge in [0.1, 0.15) is 35.5 Å². The van der Waals surface area contributed by atoms with Crippen LogP contribution in [-0.2, 0) is 11.4 Å². The highest BCUT2D eigenvalue weighted by molar-refractivity contribution is 6.31. The number of rotatable bonds is 11. The number of anilines is 1. The Balaban J connectivity index is 1.83. The molecular weight excluding hydrogens is 496 g/mol. The molecular formula is C28H27ClN2O6. The third-order valence-corrected chi connectivity index (χ3v) is 5.46. The van der Waals surface area contributed by atoms with Gasteiger partial charge >= 0.3 is 0 Å². The third kappa shape index (κ3) is 7.09. The molecule has 3 rings (SSSR count). The fraction of sp³-hybridized carbons (Fsp3) is 0.214. The van der Waals surface area contributed by atoms with Gasteiger partial charge in [-0.05, 0) is 67.1 Å². The lowest BCUT2D eigenvalue weighted by Gasteiger charge is -2.15. The molecule has 192 valence electrons. The van der Waals surface area contributed by atoms with Crippen LogP contribution in [0, 0.1) is 11.3 Å². The molecule has 8 nitrogen and oxygen atoms in total. The molecule has 9 heteroatoms. The van der Waals surface area contributed by atoms with Gasteiger partial charge in [0.25, 0.3) is 5.91 Å². The van der Waals surface area contributed by atoms with E-state index in [0.29, 0.717) is 51.6 Å². The number of hydrogen-bond acceptors (Lipinski definition) is 7. The summed E-state index contributed by atoms with van der Waals surface area (Å²) in [5, 5.41) is 12.7. The van der Waals surface area contributed by atoms with Gasteiger partial charge in [0.2, 0.25) is 0 Å². The largest absolute Gasteiger partial charge is 0.497 e. The van der Waals surface area contributed by atoms with Crippen LogP contribution in [0.5, 0.6) is 28.7 Å². The number of carbonyl (C=O) groups excluding carboxylic acids is 1. The average molecular weight is 523 g/mol. The first-order valence-corrected chi connectivity index (χ1v) is 11.7. The monoisotopic (exact) mass is 522 g/mol. The standard InChI is InChI=1S/C28H27ClN2O6/c1-5-36-27-13-18(6-9-26(27)37-17-20-14-22(33-2)8-11-24(20)34-3)12-19(16-30)28(32)31-23-15-21(29)7-10-25(23)35-4/h6-15H,5,17H2,1-4H3,(H,31,32)/b19-12+. The molecule has 0 aromatic heterocycles. The highest BCUT2D eigenvalue weighted by atomic mass is 35.5. The SMILES string of the molecule is CCOc1cc(/C=C(\C#N)C(=O)Nc2cc(Cl)ccc2OC)ccc1OCc1cc(OC)ccc1OC. The first-order valence-electron chi connectivity index (χ1n) is 11.3. The zero-order valence-electron chi connectivity index (χ0n) is 21.0. The number of nitrogens with one attached hydrogen (secondary N) is 1. The topological polar surface area (TPSA) is 99.0 Å². The van der Waals surface area contributed by atoms with Gasteiger partial charge in [0.15, 0.2) is 11.5 Å². The Morgan fingerprint density at radius 1 is 0.919 bits per heavy atom. The minimum Gasteiger partial charge on any atom is -0.497 e. The highest BCUT2D eigenvalue weighted by Crippen LogP contribution is 2.32. The van der Waals surface area contributed by atoms with Crippen LogP contribution in [0.1, 0.15) is 18.1 Å². The minimum absolute atomic E-state index is 0.112. The van der Waals surface area contributed by atoms with Crippen LogP contribution in [0.25, 0.3) is 6.08 Å². The summed E-state index contributed by atoms with van der Waals surface area (Å²) in [6.45, 7) is 2.46. The molecule has 0 unspecified atom stereocenters. The van der Waals surface area contributed by atoms with Crippen LogP contribution in [0.15, 0.2) is 60.2 Å². The molecule has 0 saturated carbocycles. The predicted octanol–water partition coefficient (Wildman–Crippen LogP) is 5.89. The van der Waals surface area contributed by atoms with Crippen molar-refractivity contribution in [1.82, 2.24) is 0 Å². The number of ether oxygens (including phenoxy) is 5. The zero-order chi connectivity index (χ0) is 26.8. The maximum atomic E-state index is 12.8. The fourth-order valence-corrected chi connectivity index (χ4v) is 3.61. The lowest BCUT2D eigenvalue weighted by Crippen LogP contribution is -2.14. The van der Waals surface area contributed by atoms with Crippen molar-refractivity contribution in [2.75, 3.05) is 33.3 Å². The molecule has 0 heterocycles. The van der Waals surface area contributed by atoms with Gasteiger partial charge in [-0.2, -0.15) is 5.26 Å². The number of nitriles is 1. The second-order valence-corrected chi connectivity index (χ2v) is 8.01. The Morgan fingerprint density at radius 2 is 1.65 bits per heavy atom. The lowest BCUT2D eigenvalue weighted by molar-refractivity contribution is -0.112. The molecule has 3 aromatic carbocycles. The lowest BCUT2D eigenvalue weighted by atomic mass is 10.1. The Kier molecular flexibility index (Phi) is 9.64. The van der Waals surface area contributed by atoms with E-state index in [1.807, 2.05) is 25.1 Å². The molecule has 1 amide bonds. The first kappa shape index (κ1) is 27.2. The number of carbonyl (C=O) groups is 1. The van der Waals surface area contributed by atoms with Gasteiger partial charge < -0.3 is 29.0 Å². The Bertz CT molecular complexity index is 1330. The second kappa shape index (κ2) is 13.1. The van der Waals surface area contributed by atoms with E-state index >= 15 is 0 Å². The number of benzene rings is 3. The number of halogens is 1. The maximum Gasteiger partial charge on any atom is 0.266 e. The summed E-state index contributed by atoms with van der Waals surface area (Å²) in [7, 11) is 4.65. The smallest absolute Gasteiger partial charge is 0.266 e.